The molecule has 0 amide bonds. The molecular formula is C9H16O2. The molecule has 0 aliphatic carbocycles. The summed E-state index contributed by atoms with van der Waals surface area (Å²) in [5.41, 5.74) is 0.672. The van der Waals surface area contributed by atoms with Gasteiger partial charge in [-0.25, -0.2) is 0 Å². The molecule has 11 heavy (non-hydrogen) atoms. The highest BCUT2D eigenvalue weighted by atomic mass is 16.5. The van der Waals surface area contributed by atoms with E-state index in [0.29, 0.717) is 5.57 Å². The molecule has 2 nitrogen and oxygen atoms in total. The summed E-state index contributed by atoms with van der Waals surface area (Å²) in [6.07, 6.45) is 2.70. The third kappa shape index (κ3) is 4.59. The van der Waals surface area contributed by atoms with Crippen molar-refractivity contribution in [2.45, 2.75) is 40.2 Å². The minimum absolute atomic E-state index is 0.0632. The molecule has 0 bridgehead atoms. The molecule has 0 rings (SSSR count). The zero-order valence-corrected chi connectivity index (χ0v) is 7.68. The normalized spacial score (nSPS) is 14.4. The van der Waals surface area contributed by atoms with Gasteiger partial charge in [0, 0.05) is 5.57 Å². The summed E-state index contributed by atoms with van der Waals surface area (Å²) in [5, 5.41) is 0. The summed E-state index contributed by atoms with van der Waals surface area (Å²) in [6, 6.07) is 0. The maximum Gasteiger partial charge on any atom is 0.158 e. The molecular weight excluding hydrogens is 140 g/mol. The Kier molecular flexibility index (Phi) is 4.59. The van der Waals surface area contributed by atoms with E-state index in [-0.39, 0.29) is 11.9 Å². The van der Waals surface area contributed by atoms with Gasteiger partial charge in [0.15, 0.2) is 5.78 Å². The summed E-state index contributed by atoms with van der Waals surface area (Å²) in [6.45, 7) is 7.31. The molecule has 0 aromatic carbocycles. The smallest absolute Gasteiger partial charge is 0.158 e. The summed E-state index contributed by atoms with van der Waals surface area (Å²) >= 11 is 0. The average Bonchev–Trinajstić information content (AvgIpc) is 1.99. The maximum absolute atomic E-state index is 10.7. The molecule has 0 aliphatic rings. The van der Waals surface area contributed by atoms with Crippen LogP contribution in [0.1, 0.15) is 34.1 Å². The molecule has 1 unspecified atom stereocenters. The van der Waals surface area contributed by atoms with Crippen molar-refractivity contribution in [2.75, 3.05) is 0 Å². The van der Waals surface area contributed by atoms with Crippen LogP contribution in [0.4, 0.5) is 0 Å². The standard InChI is InChI=1S/C9H16O2/c1-5-8(3)11-6-7(2)9(4)10/h6,8H,5H2,1-4H3. The topological polar surface area (TPSA) is 26.3 Å². The van der Waals surface area contributed by atoms with Crippen LogP contribution in [0.15, 0.2) is 11.8 Å². The molecule has 0 saturated carbocycles. The number of hydrogen-bond donors (Lipinski definition) is 0. The third-order valence-corrected chi connectivity index (χ3v) is 1.61. The number of ketones is 1. The lowest BCUT2D eigenvalue weighted by molar-refractivity contribution is -0.113. The van der Waals surface area contributed by atoms with Crippen LogP contribution in [0.2, 0.25) is 0 Å². The van der Waals surface area contributed by atoms with Crippen molar-refractivity contribution in [2.24, 2.45) is 0 Å². The van der Waals surface area contributed by atoms with Crippen molar-refractivity contribution >= 4 is 5.78 Å². The second-order valence-electron chi connectivity index (χ2n) is 2.71. The molecule has 0 saturated heterocycles. The van der Waals surface area contributed by atoms with Crippen molar-refractivity contribution < 1.29 is 9.53 Å². The lowest BCUT2D eigenvalue weighted by Gasteiger charge is -2.07. The number of Topliss-reactive ketones (excluding diaryl/α,β-unsaturated/α-hetero) is 1. The molecule has 1 atom stereocenters. The van der Waals surface area contributed by atoms with Gasteiger partial charge in [-0.2, -0.15) is 0 Å². The number of allylic oxidation sites excluding steroid dienone is 1. The van der Waals surface area contributed by atoms with Gasteiger partial charge in [-0.3, -0.25) is 4.79 Å². The Morgan fingerprint density at radius 2 is 2.09 bits per heavy atom. The summed E-state index contributed by atoms with van der Waals surface area (Å²) in [7, 11) is 0. The van der Waals surface area contributed by atoms with Gasteiger partial charge in [0.05, 0.1) is 12.4 Å². The van der Waals surface area contributed by atoms with Gasteiger partial charge in [0.25, 0.3) is 0 Å². The first-order chi connectivity index (χ1) is 5.07. The summed E-state index contributed by atoms with van der Waals surface area (Å²) < 4.78 is 5.23. The van der Waals surface area contributed by atoms with E-state index in [4.69, 9.17) is 4.74 Å². The van der Waals surface area contributed by atoms with Gasteiger partial charge >= 0.3 is 0 Å². The molecule has 0 spiro atoms. The van der Waals surface area contributed by atoms with Gasteiger partial charge in [-0.05, 0) is 27.2 Å². The molecule has 64 valence electrons. The largest absolute Gasteiger partial charge is 0.498 e. The Labute approximate surface area is 68.2 Å². The highest BCUT2D eigenvalue weighted by Crippen LogP contribution is 2.00. The second-order valence-corrected chi connectivity index (χ2v) is 2.71. The van der Waals surface area contributed by atoms with Crippen LogP contribution in [0.3, 0.4) is 0 Å². The van der Waals surface area contributed by atoms with Gasteiger partial charge < -0.3 is 4.74 Å². The molecule has 0 aromatic rings. The number of hydrogen-bond acceptors (Lipinski definition) is 2. The first-order valence-corrected chi connectivity index (χ1v) is 3.91. The van der Waals surface area contributed by atoms with Crippen molar-refractivity contribution in [1.29, 1.82) is 0 Å². The van der Waals surface area contributed by atoms with Crippen LogP contribution >= 0.6 is 0 Å². The Balaban J connectivity index is 3.82. The maximum atomic E-state index is 10.7. The zero-order valence-electron chi connectivity index (χ0n) is 7.68. The fourth-order valence-corrected chi connectivity index (χ4v) is 0.397. The average molecular weight is 156 g/mol. The first kappa shape index (κ1) is 10.2. The van der Waals surface area contributed by atoms with Crippen molar-refractivity contribution in [3.8, 4) is 0 Å². The van der Waals surface area contributed by atoms with E-state index >= 15 is 0 Å². The van der Waals surface area contributed by atoms with Gasteiger partial charge in [-0.1, -0.05) is 6.92 Å². The first-order valence-electron chi connectivity index (χ1n) is 3.91. The minimum atomic E-state index is 0.0632. The number of rotatable bonds is 4. The second kappa shape index (κ2) is 4.94. The molecule has 0 fully saturated rings. The van der Waals surface area contributed by atoms with E-state index in [9.17, 15) is 4.79 Å². The monoisotopic (exact) mass is 156 g/mol. The highest BCUT2D eigenvalue weighted by Gasteiger charge is 1.98. The zero-order chi connectivity index (χ0) is 8.85. The van der Waals surface area contributed by atoms with Gasteiger partial charge in [-0.15, -0.1) is 0 Å². The van der Waals surface area contributed by atoms with Crippen LogP contribution in [0, 0.1) is 0 Å². The Morgan fingerprint density at radius 3 is 2.45 bits per heavy atom. The molecule has 0 aromatic heterocycles. The SMILES string of the molecule is CCC(C)OC=C(C)C(C)=O. The summed E-state index contributed by atoms with van der Waals surface area (Å²) in [5.74, 6) is 0.0632. The van der Waals surface area contributed by atoms with E-state index < -0.39 is 0 Å². The Bertz CT molecular complexity index is 159. The molecule has 0 radical (unpaired) electrons. The third-order valence-electron chi connectivity index (χ3n) is 1.61. The van der Waals surface area contributed by atoms with E-state index in [1.807, 2.05) is 13.8 Å². The van der Waals surface area contributed by atoms with E-state index in [1.165, 1.54) is 13.2 Å². The van der Waals surface area contributed by atoms with Crippen LogP contribution in [-0.4, -0.2) is 11.9 Å². The van der Waals surface area contributed by atoms with Crippen LogP contribution in [0.5, 0.6) is 0 Å². The Morgan fingerprint density at radius 1 is 1.55 bits per heavy atom. The van der Waals surface area contributed by atoms with Crippen LogP contribution in [0.25, 0.3) is 0 Å². The van der Waals surface area contributed by atoms with Gasteiger partial charge in [0.2, 0.25) is 0 Å². The lowest BCUT2D eigenvalue weighted by atomic mass is 10.2. The van der Waals surface area contributed by atoms with Gasteiger partial charge in [0.1, 0.15) is 0 Å². The fraction of sp³-hybridized carbons (Fsp3) is 0.667. The lowest BCUT2D eigenvalue weighted by Crippen LogP contribution is -2.02. The molecule has 0 N–H and O–H groups in total. The predicted octanol–water partition coefficient (Wildman–Crippen LogP) is 2.29. The van der Waals surface area contributed by atoms with Crippen molar-refractivity contribution in [1.82, 2.24) is 0 Å². The molecule has 2 heteroatoms. The molecule has 0 heterocycles. The summed E-state index contributed by atoms with van der Waals surface area (Å²) in [4.78, 5) is 10.7. The predicted molar refractivity (Wildman–Crippen MR) is 45.3 cm³/mol. The van der Waals surface area contributed by atoms with E-state index in [1.54, 1.807) is 6.92 Å². The van der Waals surface area contributed by atoms with Crippen molar-refractivity contribution in [3.05, 3.63) is 11.8 Å². The number of carbonyl (C=O) groups excluding carboxylic acids is 1. The van der Waals surface area contributed by atoms with E-state index in [2.05, 4.69) is 0 Å². The van der Waals surface area contributed by atoms with Crippen molar-refractivity contribution in [3.63, 3.8) is 0 Å². The fourth-order valence-electron chi connectivity index (χ4n) is 0.397. The minimum Gasteiger partial charge on any atom is -0.498 e. The highest BCUT2D eigenvalue weighted by molar-refractivity contribution is 5.92. The number of ether oxygens (including phenoxy) is 1. The number of carbonyl (C=O) groups is 1. The Hall–Kier alpha value is -0.790. The van der Waals surface area contributed by atoms with Crippen LogP contribution < -0.4 is 0 Å². The van der Waals surface area contributed by atoms with Crippen LogP contribution in [-0.2, 0) is 9.53 Å². The quantitative estimate of drug-likeness (QED) is 0.461. The van der Waals surface area contributed by atoms with E-state index in [0.717, 1.165) is 6.42 Å². The molecule has 0 aliphatic heterocycles.